The molecule has 0 radical (unpaired) electrons. The zero-order chi connectivity index (χ0) is 19.1. The van der Waals surface area contributed by atoms with Gasteiger partial charge in [0.1, 0.15) is 11.2 Å². The van der Waals surface area contributed by atoms with E-state index in [1.807, 2.05) is 13.8 Å². The predicted molar refractivity (Wildman–Crippen MR) is 102 cm³/mol. The van der Waals surface area contributed by atoms with Gasteiger partial charge in [-0.25, -0.2) is 14.3 Å². The normalized spacial score (nSPS) is 14.3. The van der Waals surface area contributed by atoms with Gasteiger partial charge in [0, 0.05) is 17.5 Å². The summed E-state index contributed by atoms with van der Waals surface area (Å²) in [7, 11) is 0. The topological polar surface area (TPSA) is 104 Å². The van der Waals surface area contributed by atoms with Crippen LogP contribution in [0.4, 0.5) is 0 Å². The fourth-order valence-corrected chi connectivity index (χ4v) is 4.54. The Morgan fingerprint density at radius 2 is 2.11 bits per heavy atom. The Kier molecular flexibility index (Phi) is 4.60. The lowest BCUT2D eigenvalue weighted by Crippen LogP contribution is -2.39. The van der Waals surface area contributed by atoms with E-state index in [4.69, 9.17) is 4.74 Å². The van der Waals surface area contributed by atoms with E-state index in [0.717, 1.165) is 23.3 Å². The van der Waals surface area contributed by atoms with Gasteiger partial charge in [-0.1, -0.05) is 0 Å². The number of thiophene rings is 1. The van der Waals surface area contributed by atoms with Crippen molar-refractivity contribution in [1.29, 1.82) is 0 Å². The van der Waals surface area contributed by atoms with Crippen LogP contribution in [0.1, 0.15) is 36.2 Å². The van der Waals surface area contributed by atoms with Gasteiger partial charge >= 0.3 is 11.4 Å². The molecule has 1 N–H and O–H groups in total. The Morgan fingerprint density at radius 3 is 2.74 bits per heavy atom. The molecule has 9 nitrogen and oxygen atoms in total. The zero-order valence-corrected chi connectivity index (χ0v) is 16.0. The van der Waals surface area contributed by atoms with Gasteiger partial charge in [-0.05, 0) is 32.3 Å². The van der Waals surface area contributed by atoms with Crippen LogP contribution in [0, 0.1) is 6.92 Å². The van der Waals surface area contributed by atoms with Crippen LogP contribution in [-0.2, 0) is 17.8 Å². The van der Waals surface area contributed by atoms with Gasteiger partial charge in [0.05, 0.1) is 25.1 Å². The Labute approximate surface area is 157 Å². The van der Waals surface area contributed by atoms with E-state index in [0.29, 0.717) is 30.0 Å². The Morgan fingerprint density at radius 1 is 1.33 bits per heavy atom. The summed E-state index contributed by atoms with van der Waals surface area (Å²) >= 11 is 1.37. The molecule has 4 rings (SSSR count). The number of aromatic amines is 1. The third-order valence-corrected chi connectivity index (χ3v) is 6.13. The first kappa shape index (κ1) is 17.9. The number of fused-ring (bicyclic) bond motifs is 1. The second-order valence-corrected chi connectivity index (χ2v) is 7.70. The monoisotopic (exact) mass is 391 g/mol. The third-order valence-electron chi connectivity index (χ3n) is 4.83. The number of ether oxygens (including phenoxy) is 1. The van der Waals surface area contributed by atoms with Crippen molar-refractivity contribution in [1.82, 2.24) is 23.9 Å². The molecule has 1 aliphatic rings. The summed E-state index contributed by atoms with van der Waals surface area (Å²) in [5, 5.41) is 4.54. The second kappa shape index (κ2) is 6.93. The van der Waals surface area contributed by atoms with E-state index < -0.39 is 0 Å². The molecule has 3 aromatic heterocycles. The van der Waals surface area contributed by atoms with Crippen LogP contribution in [0.15, 0.2) is 20.7 Å². The summed E-state index contributed by atoms with van der Waals surface area (Å²) in [5.74, 6) is 0. The summed E-state index contributed by atoms with van der Waals surface area (Å²) in [6.45, 7) is 5.38. The molecule has 0 atom stereocenters. The van der Waals surface area contributed by atoms with E-state index in [2.05, 4.69) is 10.1 Å². The molecule has 3 heterocycles. The van der Waals surface area contributed by atoms with Crippen molar-refractivity contribution in [3.8, 4) is 0 Å². The summed E-state index contributed by atoms with van der Waals surface area (Å²) in [5.41, 5.74) is -0.0237. The smallest absolute Gasteiger partial charge is 0.343 e. The number of aryl methyl sites for hydroxylation is 1. The minimum atomic E-state index is -0.309. The molecule has 27 heavy (non-hydrogen) atoms. The van der Waals surface area contributed by atoms with E-state index in [1.165, 1.54) is 26.9 Å². The standard InChI is InChI=1S/C17H21N5O4S/c1-3-26-7-6-20-15-13(14(23)22(17(20)25)11-4-5-11)10(2)12(27-15)8-21-16(24)18-9-19-21/h9,11H,3-8H2,1-2H3,(H,18,19,24). The fraction of sp³-hybridized carbons (Fsp3) is 0.529. The molecule has 3 aromatic rings. The fourth-order valence-electron chi connectivity index (χ4n) is 3.24. The molecular formula is C17H21N5O4S. The van der Waals surface area contributed by atoms with E-state index in [9.17, 15) is 14.4 Å². The maximum Gasteiger partial charge on any atom is 0.343 e. The number of aromatic nitrogens is 5. The molecular weight excluding hydrogens is 370 g/mol. The Hall–Kier alpha value is -2.46. The molecule has 0 saturated heterocycles. The van der Waals surface area contributed by atoms with Gasteiger partial charge in [-0.3, -0.25) is 18.9 Å². The Bertz CT molecular complexity index is 1160. The van der Waals surface area contributed by atoms with Gasteiger partial charge in [0.25, 0.3) is 5.56 Å². The summed E-state index contributed by atoms with van der Waals surface area (Å²) in [4.78, 5) is 41.8. The lowest BCUT2D eigenvalue weighted by Gasteiger charge is -2.11. The van der Waals surface area contributed by atoms with Gasteiger partial charge < -0.3 is 4.74 Å². The van der Waals surface area contributed by atoms with Crippen LogP contribution >= 0.6 is 11.3 Å². The lowest BCUT2D eigenvalue weighted by molar-refractivity contribution is 0.138. The second-order valence-electron chi connectivity index (χ2n) is 6.62. The first-order chi connectivity index (χ1) is 13.0. The molecule has 0 aromatic carbocycles. The minimum Gasteiger partial charge on any atom is -0.380 e. The number of hydrogen-bond donors (Lipinski definition) is 1. The van der Waals surface area contributed by atoms with Crippen LogP contribution in [0.5, 0.6) is 0 Å². The van der Waals surface area contributed by atoms with Crippen LogP contribution in [-0.4, -0.2) is 37.1 Å². The first-order valence-corrected chi connectivity index (χ1v) is 9.80. The third kappa shape index (κ3) is 3.08. The van der Waals surface area contributed by atoms with Crippen molar-refractivity contribution >= 4 is 21.6 Å². The SMILES string of the molecule is CCOCCn1c(=O)n(C2CC2)c(=O)c2c(C)c(Cn3nc[nH]c3=O)sc21. The highest BCUT2D eigenvalue weighted by molar-refractivity contribution is 7.18. The molecule has 1 saturated carbocycles. The average molecular weight is 391 g/mol. The lowest BCUT2D eigenvalue weighted by atomic mass is 10.2. The van der Waals surface area contributed by atoms with Crippen LogP contribution < -0.4 is 16.9 Å². The van der Waals surface area contributed by atoms with Gasteiger partial charge in [-0.2, -0.15) is 5.10 Å². The molecule has 0 bridgehead atoms. The summed E-state index contributed by atoms with van der Waals surface area (Å²) in [6.07, 6.45) is 3.04. The average Bonchev–Trinajstić information content (AvgIpc) is 3.31. The van der Waals surface area contributed by atoms with Crippen molar-refractivity contribution in [2.24, 2.45) is 0 Å². The van der Waals surface area contributed by atoms with E-state index in [1.54, 1.807) is 4.57 Å². The molecule has 144 valence electrons. The molecule has 10 heteroatoms. The number of rotatable bonds is 7. The van der Waals surface area contributed by atoms with Crippen LogP contribution in [0.25, 0.3) is 10.2 Å². The molecule has 0 amide bonds. The quantitative estimate of drug-likeness (QED) is 0.601. The molecule has 0 aliphatic heterocycles. The van der Waals surface area contributed by atoms with Gasteiger partial charge in [-0.15, -0.1) is 11.3 Å². The van der Waals surface area contributed by atoms with Crippen LogP contribution in [0.3, 0.4) is 0 Å². The summed E-state index contributed by atoms with van der Waals surface area (Å²) < 4.78 is 9.75. The maximum atomic E-state index is 13.1. The van der Waals surface area contributed by atoms with Crippen molar-refractivity contribution in [3.63, 3.8) is 0 Å². The predicted octanol–water partition coefficient (Wildman–Crippen LogP) is 0.838. The zero-order valence-electron chi connectivity index (χ0n) is 15.2. The highest BCUT2D eigenvalue weighted by atomic mass is 32.1. The molecule has 1 fully saturated rings. The molecule has 1 aliphatic carbocycles. The molecule has 0 unspecified atom stereocenters. The largest absolute Gasteiger partial charge is 0.380 e. The van der Waals surface area contributed by atoms with E-state index in [-0.39, 0.29) is 29.5 Å². The first-order valence-electron chi connectivity index (χ1n) is 8.98. The number of H-pyrrole nitrogens is 1. The highest BCUT2D eigenvalue weighted by Crippen LogP contribution is 2.34. The summed E-state index contributed by atoms with van der Waals surface area (Å²) in [6, 6.07) is -0.00977. The van der Waals surface area contributed by atoms with Crippen molar-refractivity contribution in [2.75, 3.05) is 13.2 Å². The number of nitrogens with zero attached hydrogens (tertiary/aromatic N) is 4. The highest BCUT2D eigenvalue weighted by Gasteiger charge is 2.30. The van der Waals surface area contributed by atoms with Crippen molar-refractivity contribution in [2.45, 2.75) is 45.8 Å². The number of nitrogens with one attached hydrogen (secondary N) is 1. The minimum absolute atomic E-state index is 0.00977. The van der Waals surface area contributed by atoms with Crippen molar-refractivity contribution in [3.05, 3.63) is 48.1 Å². The van der Waals surface area contributed by atoms with E-state index >= 15 is 0 Å². The maximum absolute atomic E-state index is 13.1. The van der Waals surface area contributed by atoms with Gasteiger partial charge in [0.15, 0.2) is 0 Å². The Balaban J connectivity index is 1.90. The van der Waals surface area contributed by atoms with Crippen molar-refractivity contribution < 1.29 is 4.74 Å². The van der Waals surface area contributed by atoms with Gasteiger partial charge in [0.2, 0.25) is 0 Å². The molecule has 0 spiro atoms. The number of hydrogen-bond acceptors (Lipinski definition) is 6. The van der Waals surface area contributed by atoms with Crippen LogP contribution in [0.2, 0.25) is 0 Å².